The molecule has 0 fully saturated rings. The van der Waals surface area contributed by atoms with Crippen LogP contribution in [-0.4, -0.2) is 61.4 Å². The summed E-state index contributed by atoms with van der Waals surface area (Å²) in [5, 5.41) is 9.23. The van der Waals surface area contributed by atoms with Gasteiger partial charge in [0, 0.05) is 13.0 Å². The molecule has 0 rings (SSSR count). The van der Waals surface area contributed by atoms with E-state index in [-0.39, 0.29) is 18.5 Å². The van der Waals surface area contributed by atoms with Crippen LogP contribution in [0.2, 0.25) is 0 Å². The number of hydrogen-bond acceptors (Lipinski definition) is 6. The minimum Gasteiger partial charge on any atom is -0.466 e. The molecule has 0 unspecified atom stereocenters. The Labute approximate surface area is 292 Å². The molecule has 0 saturated carbocycles. The number of nitrogens with zero attached hydrogens (tertiary/aromatic N) is 1. The number of unbranched alkanes of at least 4 members (excludes halogenated alkanes) is 18. The zero-order valence-corrected chi connectivity index (χ0v) is 32.2. The maximum atomic E-state index is 12.6. The molecule has 0 heterocycles. The molecular weight excluding hydrogens is 586 g/mol. The van der Waals surface area contributed by atoms with Crippen LogP contribution in [-0.2, 0) is 19.1 Å². The summed E-state index contributed by atoms with van der Waals surface area (Å²) in [7, 11) is 0. The SMILES string of the molecule is CCCCCCCCCC(=O)OCCCCCCCN(CCCCO)CCCCCCC(C)(C)C(=O)OCCCCCCCC(C)C. The number of esters is 2. The minimum absolute atomic E-state index is 0.0211. The second-order valence-corrected chi connectivity index (χ2v) is 15.3. The number of carbonyl (C=O) groups excluding carboxylic acids is 2. The van der Waals surface area contributed by atoms with Gasteiger partial charge < -0.3 is 19.5 Å². The summed E-state index contributed by atoms with van der Waals surface area (Å²) < 4.78 is 11.1. The van der Waals surface area contributed by atoms with E-state index in [9.17, 15) is 14.7 Å². The van der Waals surface area contributed by atoms with Crippen molar-refractivity contribution in [2.45, 2.75) is 202 Å². The average molecular weight is 668 g/mol. The highest BCUT2D eigenvalue weighted by Gasteiger charge is 2.28. The van der Waals surface area contributed by atoms with Crippen LogP contribution >= 0.6 is 0 Å². The predicted molar refractivity (Wildman–Crippen MR) is 200 cm³/mol. The highest BCUT2D eigenvalue weighted by Crippen LogP contribution is 2.26. The molecule has 0 bridgehead atoms. The van der Waals surface area contributed by atoms with Gasteiger partial charge in [-0.25, -0.2) is 0 Å². The first-order valence-corrected chi connectivity index (χ1v) is 20.4. The van der Waals surface area contributed by atoms with Crippen LogP contribution in [0.4, 0.5) is 0 Å². The van der Waals surface area contributed by atoms with Crippen molar-refractivity contribution >= 4 is 11.9 Å². The van der Waals surface area contributed by atoms with E-state index >= 15 is 0 Å². The lowest BCUT2D eigenvalue weighted by atomic mass is 9.87. The molecule has 6 heteroatoms. The second-order valence-electron chi connectivity index (χ2n) is 15.3. The Bertz CT molecular complexity index is 695. The molecule has 280 valence electrons. The topological polar surface area (TPSA) is 76.1 Å². The molecule has 0 aromatic rings. The van der Waals surface area contributed by atoms with E-state index in [0.717, 1.165) is 96.2 Å². The molecule has 0 aromatic heterocycles. The van der Waals surface area contributed by atoms with Crippen molar-refractivity contribution in [1.82, 2.24) is 4.90 Å². The van der Waals surface area contributed by atoms with Crippen molar-refractivity contribution in [2.75, 3.05) is 39.5 Å². The molecule has 0 aliphatic rings. The summed E-state index contributed by atoms with van der Waals surface area (Å²) in [6, 6.07) is 0. The monoisotopic (exact) mass is 668 g/mol. The number of rotatable bonds is 36. The molecule has 0 amide bonds. The highest BCUT2D eigenvalue weighted by molar-refractivity contribution is 5.75. The molecule has 47 heavy (non-hydrogen) atoms. The van der Waals surface area contributed by atoms with Crippen molar-refractivity contribution in [1.29, 1.82) is 0 Å². The summed E-state index contributed by atoms with van der Waals surface area (Å²) >= 11 is 0. The van der Waals surface area contributed by atoms with Gasteiger partial charge in [-0.15, -0.1) is 0 Å². The van der Waals surface area contributed by atoms with E-state index in [2.05, 4.69) is 25.7 Å². The zero-order valence-electron chi connectivity index (χ0n) is 32.2. The fourth-order valence-electron chi connectivity index (χ4n) is 6.14. The van der Waals surface area contributed by atoms with Gasteiger partial charge in [0.25, 0.3) is 0 Å². The molecule has 0 aliphatic carbocycles. The van der Waals surface area contributed by atoms with Crippen LogP contribution in [0.5, 0.6) is 0 Å². The maximum Gasteiger partial charge on any atom is 0.311 e. The van der Waals surface area contributed by atoms with Crippen LogP contribution in [0.1, 0.15) is 202 Å². The lowest BCUT2D eigenvalue weighted by Gasteiger charge is -2.23. The van der Waals surface area contributed by atoms with Gasteiger partial charge in [0.05, 0.1) is 18.6 Å². The largest absolute Gasteiger partial charge is 0.466 e. The van der Waals surface area contributed by atoms with Gasteiger partial charge in [-0.3, -0.25) is 9.59 Å². The third-order valence-corrected chi connectivity index (χ3v) is 9.49. The zero-order chi connectivity index (χ0) is 34.9. The number of aliphatic hydroxyl groups is 1. The Morgan fingerprint density at radius 2 is 1.06 bits per heavy atom. The molecule has 1 N–H and O–H groups in total. The molecule has 0 aromatic carbocycles. The fourth-order valence-corrected chi connectivity index (χ4v) is 6.14. The van der Waals surface area contributed by atoms with Crippen molar-refractivity contribution in [3.63, 3.8) is 0 Å². The quantitative estimate of drug-likeness (QED) is 0.0529. The number of hydrogen-bond donors (Lipinski definition) is 1. The Morgan fingerprint density at radius 3 is 1.64 bits per heavy atom. The fraction of sp³-hybridized carbons (Fsp3) is 0.951. The molecule has 0 atom stereocenters. The van der Waals surface area contributed by atoms with Crippen molar-refractivity contribution < 1.29 is 24.2 Å². The highest BCUT2D eigenvalue weighted by atomic mass is 16.5. The van der Waals surface area contributed by atoms with E-state index in [1.807, 2.05) is 13.8 Å². The van der Waals surface area contributed by atoms with Crippen LogP contribution in [0.25, 0.3) is 0 Å². The summed E-state index contributed by atoms with van der Waals surface area (Å²) in [5.41, 5.74) is -0.400. The average Bonchev–Trinajstić information content (AvgIpc) is 3.04. The Morgan fingerprint density at radius 1 is 0.596 bits per heavy atom. The summed E-state index contributed by atoms with van der Waals surface area (Å²) in [5.74, 6) is 0.738. The summed E-state index contributed by atoms with van der Waals surface area (Å²) in [4.78, 5) is 27.2. The predicted octanol–water partition coefficient (Wildman–Crippen LogP) is 11.2. The van der Waals surface area contributed by atoms with Gasteiger partial charge in [0.1, 0.15) is 0 Å². The van der Waals surface area contributed by atoms with Crippen LogP contribution in [0, 0.1) is 11.3 Å². The first kappa shape index (κ1) is 45.9. The minimum atomic E-state index is -0.400. The third kappa shape index (κ3) is 31.9. The number of ether oxygens (including phenoxy) is 2. The van der Waals surface area contributed by atoms with Gasteiger partial charge in [-0.2, -0.15) is 0 Å². The lowest BCUT2D eigenvalue weighted by Crippen LogP contribution is -2.28. The second kappa shape index (κ2) is 33.4. The summed E-state index contributed by atoms with van der Waals surface area (Å²) in [6.07, 6.45) is 29.5. The van der Waals surface area contributed by atoms with Gasteiger partial charge in [-0.1, -0.05) is 130 Å². The normalized spacial score (nSPS) is 11.9. The molecule has 0 spiro atoms. The van der Waals surface area contributed by atoms with E-state index in [4.69, 9.17) is 9.47 Å². The maximum absolute atomic E-state index is 12.6. The number of aliphatic hydroxyl groups excluding tert-OH is 1. The lowest BCUT2D eigenvalue weighted by molar-refractivity contribution is -0.154. The first-order chi connectivity index (χ1) is 22.7. The van der Waals surface area contributed by atoms with E-state index < -0.39 is 5.41 Å². The van der Waals surface area contributed by atoms with Crippen molar-refractivity contribution in [2.24, 2.45) is 11.3 Å². The Balaban J connectivity index is 3.92. The van der Waals surface area contributed by atoms with Crippen LogP contribution in [0.15, 0.2) is 0 Å². The molecule has 6 nitrogen and oxygen atoms in total. The van der Waals surface area contributed by atoms with Crippen molar-refractivity contribution in [3.05, 3.63) is 0 Å². The Hall–Kier alpha value is -1.14. The van der Waals surface area contributed by atoms with Gasteiger partial charge in [-0.05, 0) is 90.8 Å². The molecule has 0 radical (unpaired) electrons. The van der Waals surface area contributed by atoms with Gasteiger partial charge in [0.15, 0.2) is 0 Å². The van der Waals surface area contributed by atoms with Crippen LogP contribution in [0.3, 0.4) is 0 Å². The Kier molecular flexibility index (Phi) is 32.6. The van der Waals surface area contributed by atoms with Gasteiger partial charge in [0.2, 0.25) is 0 Å². The van der Waals surface area contributed by atoms with Crippen molar-refractivity contribution in [3.8, 4) is 0 Å². The standard InChI is InChI=1S/C41H81NO5/c1-6-7-8-9-10-14-21-30-39(44)46-36-27-19-12-16-23-32-42(34-25-26-35-43)33-24-17-15-22-31-41(4,5)40(45)47-37-28-18-11-13-20-29-38(2)3/h38,43H,6-37H2,1-5H3. The third-order valence-electron chi connectivity index (χ3n) is 9.49. The smallest absolute Gasteiger partial charge is 0.311 e. The first-order valence-electron chi connectivity index (χ1n) is 20.4. The van der Waals surface area contributed by atoms with E-state index in [1.54, 1.807) is 0 Å². The van der Waals surface area contributed by atoms with E-state index in [0.29, 0.717) is 19.6 Å². The molecule has 0 saturated heterocycles. The number of carbonyl (C=O) groups is 2. The summed E-state index contributed by atoms with van der Waals surface area (Å²) in [6.45, 7) is 15.6. The van der Waals surface area contributed by atoms with E-state index in [1.165, 1.54) is 89.9 Å². The van der Waals surface area contributed by atoms with Gasteiger partial charge >= 0.3 is 11.9 Å². The molecule has 0 aliphatic heterocycles. The molecular formula is C41H81NO5. The van der Waals surface area contributed by atoms with Crippen LogP contribution < -0.4 is 0 Å².